The largest absolute Gasteiger partial charge is 0.481 e. The number of carboxylic acids is 1. The highest BCUT2D eigenvalue weighted by atomic mass is 16.4. The Bertz CT molecular complexity index is 275. The number of rotatable bonds is 11. The van der Waals surface area contributed by atoms with Gasteiger partial charge >= 0.3 is 5.97 Å². The molecule has 0 rings (SSSR count). The highest BCUT2D eigenvalue weighted by molar-refractivity contribution is 5.66. The summed E-state index contributed by atoms with van der Waals surface area (Å²) in [4.78, 5) is 10.3. The van der Waals surface area contributed by atoms with Crippen LogP contribution in [0.4, 0.5) is 0 Å². The van der Waals surface area contributed by atoms with Crippen LogP contribution >= 0.6 is 0 Å². The van der Waals surface area contributed by atoms with Gasteiger partial charge in [0.05, 0.1) is 0 Å². The lowest BCUT2D eigenvalue weighted by molar-refractivity contribution is -0.137. The van der Waals surface area contributed by atoms with Gasteiger partial charge < -0.3 is 5.11 Å². The summed E-state index contributed by atoms with van der Waals surface area (Å²) in [5, 5.41) is 8.46. The second kappa shape index (κ2) is 13.8. The zero-order chi connectivity index (χ0) is 13.5. The van der Waals surface area contributed by atoms with E-state index in [9.17, 15) is 4.79 Å². The fraction of sp³-hybridized carbons (Fsp3) is 0.562. The first-order chi connectivity index (χ1) is 8.77. The molecule has 0 aromatic heterocycles. The van der Waals surface area contributed by atoms with Crippen molar-refractivity contribution in [3.63, 3.8) is 0 Å². The Balaban J connectivity index is 3.31. The molecule has 0 saturated carbocycles. The molecule has 0 heterocycles. The van der Waals surface area contributed by atoms with Crippen molar-refractivity contribution >= 4 is 5.97 Å². The molecule has 0 aliphatic heterocycles. The zero-order valence-corrected chi connectivity index (χ0v) is 11.5. The second-order valence-electron chi connectivity index (χ2n) is 4.31. The molecule has 0 atom stereocenters. The van der Waals surface area contributed by atoms with Crippen molar-refractivity contribution in [3.8, 4) is 0 Å². The van der Waals surface area contributed by atoms with E-state index in [1.54, 1.807) is 0 Å². The molecule has 2 heteroatoms. The van der Waals surface area contributed by atoms with Gasteiger partial charge in [0.1, 0.15) is 0 Å². The van der Waals surface area contributed by atoms with Crippen molar-refractivity contribution in [3.05, 3.63) is 36.5 Å². The monoisotopic (exact) mass is 250 g/mol. The van der Waals surface area contributed by atoms with Gasteiger partial charge in [-0.15, -0.1) is 0 Å². The molecule has 2 nitrogen and oxygen atoms in total. The van der Waals surface area contributed by atoms with E-state index in [0.717, 1.165) is 32.1 Å². The Kier molecular flexibility index (Phi) is 12.8. The fourth-order valence-electron chi connectivity index (χ4n) is 1.48. The topological polar surface area (TPSA) is 37.3 Å². The van der Waals surface area contributed by atoms with Crippen LogP contribution in [0.25, 0.3) is 0 Å². The minimum atomic E-state index is -0.696. The lowest BCUT2D eigenvalue weighted by Crippen LogP contribution is -1.92. The number of hydrogen-bond acceptors (Lipinski definition) is 1. The molecule has 18 heavy (non-hydrogen) atoms. The molecule has 0 spiro atoms. The number of carbonyl (C=O) groups is 1. The van der Waals surface area contributed by atoms with Gasteiger partial charge in [-0.1, -0.05) is 49.8 Å². The van der Waals surface area contributed by atoms with Crippen LogP contribution in [0.1, 0.15) is 58.3 Å². The molecule has 0 aliphatic rings. The van der Waals surface area contributed by atoms with E-state index in [1.165, 1.54) is 12.8 Å². The summed E-state index contributed by atoms with van der Waals surface area (Å²) in [7, 11) is 0. The number of allylic oxidation sites excluding steroid dienone is 6. The Morgan fingerprint density at radius 1 is 0.889 bits per heavy atom. The van der Waals surface area contributed by atoms with Gasteiger partial charge in [0.15, 0.2) is 0 Å². The summed E-state index contributed by atoms with van der Waals surface area (Å²) in [5.41, 5.74) is 0. The van der Waals surface area contributed by atoms with Gasteiger partial charge in [-0.3, -0.25) is 4.79 Å². The predicted octanol–water partition coefficient (Wildman–Crippen LogP) is 4.88. The van der Waals surface area contributed by atoms with Crippen molar-refractivity contribution in [2.75, 3.05) is 0 Å². The molecular weight excluding hydrogens is 224 g/mol. The van der Waals surface area contributed by atoms with Crippen LogP contribution in [0.5, 0.6) is 0 Å². The van der Waals surface area contributed by atoms with E-state index in [0.29, 0.717) is 0 Å². The first-order valence-electron chi connectivity index (χ1n) is 6.94. The average molecular weight is 250 g/mol. The standard InChI is InChI=1S/C16H26O2/c1-2-3-4-5-6-7-8-9-10-11-12-13-14-15-16(17)18/h4-5,7-8,10-11H,2-3,6,9,12-15H2,1H3,(H,17,18). The van der Waals surface area contributed by atoms with Crippen molar-refractivity contribution < 1.29 is 9.90 Å². The van der Waals surface area contributed by atoms with Crippen molar-refractivity contribution in [1.82, 2.24) is 0 Å². The van der Waals surface area contributed by atoms with E-state index in [1.807, 2.05) is 0 Å². The highest BCUT2D eigenvalue weighted by Gasteiger charge is 1.93. The molecule has 0 aromatic carbocycles. The van der Waals surface area contributed by atoms with Gasteiger partial charge in [-0.05, 0) is 38.5 Å². The molecule has 0 radical (unpaired) electrons. The number of unbranched alkanes of at least 4 members (excludes halogenated alkanes) is 3. The fourth-order valence-corrected chi connectivity index (χ4v) is 1.48. The minimum absolute atomic E-state index is 0.290. The molecule has 0 bridgehead atoms. The van der Waals surface area contributed by atoms with Gasteiger partial charge in [-0.2, -0.15) is 0 Å². The van der Waals surface area contributed by atoms with Crippen LogP contribution < -0.4 is 0 Å². The maximum Gasteiger partial charge on any atom is 0.303 e. The summed E-state index contributed by atoms with van der Waals surface area (Å²) in [6.45, 7) is 2.18. The third-order valence-corrected chi connectivity index (χ3v) is 2.51. The summed E-state index contributed by atoms with van der Waals surface area (Å²) < 4.78 is 0. The maximum atomic E-state index is 10.3. The predicted molar refractivity (Wildman–Crippen MR) is 77.7 cm³/mol. The maximum absolute atomic E-state index is 10.3. The third kappa shape index (κ3) is 14.7. The van der Waals surface area contributed by atoms with Crippen molar-refractivity contribution in [2.45, 2.75) is 58.3 Å². The Hall–Kier alpha value is -1.31. The molecule has 0 fully saturated rings. The summed E-state index contributed by atoms with van der Waals surface area (Å²) >= 11 is 0. The van der Waals surface area contributed by atoms with Gasteiger partial charge in [0.2, 0.25) is 0 Å². The van der Waals surface area contributed by atoms with Crippen LogP contribution in [-0.2, 0) is 4.79 Å². The van der Waals surface area contributed by atoms with Crippen LogP contribution in [-0.4, -0.2) is 11.1 Å². The molecular formula is C16H26O2. The van der Waals surface area contributed by atoms with Gasteiger partial charge in [-0.25, -0.2) is 0 Å². The lowest BCUT2D eigenvalue weighted by Gasteiger charge is -1.92. The van der Waals surface area contributed by atoms with Crippen LogP contribution in [0.2, 0.25) is 0 Å². The van der Waals surface area contributed by atoms with E-state index in [4.69, 9.17) is 5.11 Å². The lowest BCUT2D eigenvalue weighted by atomic mass is 10.2. The molecule has 0 aliphatic carbocycles. The van der Waals surface area contributed by atoms with E-state index >= 15 is 0 Å². The average Bonchev–Trinajstić information content (AvgIpc) is 2.34. The van der Waals surface area contributed by atoms with E-state index in [2.05, 4.69) is 43.4 Å². The summed E-state index contributed by atoms with van der Waals surface area (Å²) in [6.07, 6.45) is 20.5. The first-order valence-corrected chi connectivity index (χ1v) is 6.94. The first kappa shape index (κ1) is 16.7. The van der Waals surface area contributed by atoms with Crippen LogP contribution in [0.3, 0.4) is 0 Å². The Morgan fingerprint density at radius 3 is 2.00 bits per heavy atom. The van der Waals surface area contributed by atoms with Gasteiger partial charge in [0.25, 0.3) is 0 Å². The normalized spacial score (nSPS) is 12.1. The summed E-state index contributed by atoms with van der Waals surface area (Å²) in [5.74, 6) is -0.696. The molecule has 1 N–H and O–H groups in total. The SMILES string of the molecule is CCCC=CCC=CCC=CCCCCC(=O)O. The molecule has 0 unspecified atom stereocenters. The highest BCUT2D eigenvalue weighted by Crippen LogP contribution is 2.01. The van der Waals surface area contributed by atoms with E-state index in [-0.39, 0.29) is 6.42 Å². The zero-order valence-electron chi connectivity index (χ0n) is 11.5. The Labute approximate surface area is 111 Å². The van der Waals surface area contributed by atoms with Crippen molar-refractivity contribution in [2.24, 2.45) is 0 Å². The smallest absolute Gasteiger partial charge is 0.303 e. The molecule has 0 aromatic rings. The number of hydrogen-bond donors (Lipinski definition) is 1. The quantitative estimate of drug-likeness (QED) is 0.419. The van der Waals surface area contributed by atoms with Crippen LogP contribution in [0.15, 0.2) is 36.5 Å². The Morgan fingerprint density at radius 2 is 1.44 bits per heavy atom. The number of carboxylic acid groups (broad SMARTS) is 1. The summed E-state index contributed by atoms with van der Waals surface area (Å²) in [6, 6.07) is 0. The van der Waals surface area contributed by atoms with Gasteiger partial charge in [0, 0.05) is 6.42 Å². The molecule has 0 saturated heterocycles. The number of aliphatic carboxylic acids is 1. The second-order valence-corrected chi connectivity index (χ2v) is 4.31. The van der Waals surface area contributed by atoms with Crippen molar-refractivity contribution in [1.29, 1.82) is 0 Å². The molecule has 102 valence electrons. The van der Waals surface area contributed by atoms with Crippen LogP contribution in [0, 0.1) is 0 Å². The minimum Gasteiger partial charge on any atom is -0.481 e. The molecule has 0 amide bonds. The third-order valence-electron chi connectivity index (χ3n) is 2.51. The van der Waals surface area contributed by atoms with E-state index < -0.39 is 5.97 Å².